The van der Waals surface area contributed by atoms with E-state index in [2.05, 4.69) is 18.8 Å². The highest BCUT2D eigenvalue weighted by Gasteiger charge is 2.40. The van der Waals surface area contributed by atoms with Gasteiger partial charge in [0.25, 0.3) is 0 Å². The van der Waals surface area contributed by atoms with Crippen molar-refractivity contribution in [1.29, 1.82) is 0 Å². The maximum Gasteiger partial charge on any atom is 0.350 e. The number of hydrogen-bond donors (Lipinski definition) is 0. The molecule has 1 atom stereocenters. The van der Waals surface area contributed by atoms with Gasteiger partial charge >= 0.3 is 5.97 Å². The molecule has 1 aliphatic carbocycles. The van der Waals surface area contributed by atoms with Crippen molar-refractivity contribution in [1.82, 2.24) is 4.31 Å². The summed E-state index contributed by atoms with van der Waals surface area (Å²) in [6.45, 7) is 8.79. The molecule has 2 heterocycles. The van der Waals surface area contributed by atoms with Gasteiger partial charge in [-0.25, -0.2) is 17.5 Å². The van der Waals surface area contributed by atoms with E-state index < -0.39 is 16.0 Å². The van der Waals surface area contributed by atoms with Crippen molar-refractivity contribution in [3.63, 3.8) is 0 Å². The second kappa shape index (κ2) is 10.4. The van der Waals surface area contributed by atoms with Gasteiger partial charge in [-0.05, 0) is 64.9 Å². The first-order valence-corrected chi connectivity index (χ1v) is 14.5. The van der Waals surface area contributed by atoms with Crippen LogP contribution in [0.25, 0.3) is 0 Å². The fourth-order valence-electron chi connectivity index (χ4n) is 4.53. The summed E-state index contributed by atoms with van der Waals surface area (Å²) in [5.74, 6) is 6.23. The van der Waals surface area contributed by atoms with Gasteiger partial charge in [-0.15, -0.1) is 11.3 Å². The number of rotatable bonds is 5. The summed E-state index contributed by atoms with van der Waals surface area (Å²) >= 11 is 1.22. The maximum atomic E-state index is 13.9. The van der Waals surface area contributed by atoms with Crippen molar-refractivity contribution in [2.45, 2.75) is 65.8 Å². The van der Waals surface area contributed by atoms with Crippen LogP contribution in [0, 0.1) is 29.1 Å². The van der Waals surface area contributed by atoms with Gasteiger partial charge < -0.3 is 9.64 Å². The lowest BCUT2D eigenvalue weighted by molar-refractivity contribution is -0.124. The highest BCUT2D eigenvalue weighted by Crippen LogP contribution is 2.38. The Kier molecular flexibility index (Phi) is 8.16. The number of carbonyl (C=O) groups excluding carboxylic acids is 2. The quantitative estimate of drug-likeness (QED) is 0.441. The lowest BCUT2D eigenvalue weighted by atomic mass is 9.82. The molecular formula is C25H36N2O5S2. The third-order valence-corrected chi connectivity index (χ3v) is 8.76. The first kappa shape index (κ1) is 26.7. The predicted octanol–water partition coefficient (Wildman–Crippen LogP) is 4.13. The number of sulfonamides is 1. The second-order valence-corrected chi connectivity index (χ2v) is 13.6. The Morgan fingerprint density at radius 2 is 1.82 bits per heavy atom. The molecule has 1 aromatic heterocycles. The Morgan fingerprint density at radius 1 is 1.18 bits per heavy atom. The number of amides is 1. The standard InChI is InChI=1S/C25H36N2O5S2/c1-17-7-9-18(10-8-17)23(28)27(19-12-14-26(16-19)34(6,30)31)21-15-20(11-13-25(2,3)4)33-22(21)24(29)32-5/h15,17-19H,7-10,12,14,16H2,1-6H3/t17?,18?,19-/m0/s1. The van der Waals surface area contributed by atoms with Crippen LogP contribution in [-0.2, 0) is 19.6 Å². The zero-order valence-electron chi connectivity index (χ0n) is 21.0. The second-order valence-electron chi connectivity index (χ2n) is 10.5. The van der Waals surface area contributed by atoms with Crippen LogP contribution in [0.2, 0.25) is 0 Å². The summed E-state index contributed by atoms with van der Waals surface area (Å²) in [4.78, 5) is 29.3. The molecular weight excluding hydrogens is 472 g/mol. The van der Waals surface area contributed by atoms with E-state index in [9.17, 15) is 18.0 Å². The summed E-state index contributed by atoms with van der Waals surface area (Å²) in [5, 5.41) is 0. The Bertz CT molecular complexity index is 1080. The van der Waals surface area contributed by atoms with Crippen LogP contribution in [0.4, 0.5) is 5.69 Å². The van der Waals surface area contributed by atoms with Crippen LogP contribution < -0.4 is 4.90 Å². The molecule has 0 spiro atoms. The lowest BCUT2D eigenvalue weighted by Crippen LogP contribution is -2.46. The summed E-state index contributed by atoms with van der Waals surface area (Å²) in [6, 6.07) is 1.45. The van der Waals surface area contributed by atoms with Gasteiger partial charge in [0.1, 0.15) is 4.88 Å². The molecule has 0 unspecified atom stereocenters. The molecule has 1 saturated heterocycles. The van der Waals surface area contributed by atoms with E-state index in [0.29, 0.717) is 34.3 Å². The van der Waals surface area contributed by atoms with Gasteiger partial charge in [0, 0.05) is 24.4 Å². The molecule has 1 aromatic rings. The fraction of sp³-hybridized carbons (Fsp3) is 0.680. The predicted molar refractivity (Wildman–Crippen MR) is 135 cm³/mol. The van der Waals surface area contributed by atoms with E-state index in [4.69, 9.17) is 4.74 Å². The van der Waals surface area contributed by atoms with Crippen LogP contribution in [0.3, 0.4) is 0 Å². The minimum Gasteiger partial charge on any atom is -0.465 e. The normalized spacial score (nSPS) is 23.8. The SMILES string of the molecule is COC(=O)c1sc(C#CC(C)(C)C)cc1N(C(=O)C1CCC(C)CC1)[C@H]1CCN(S(C)(=O)=O)C1. The van der Waals surface area contributed by atoms with E-state index in [1.54, 1.807) is 11.0 Å². The molecule has 2 fully saturated rings. The molecule has 3 rings (SSSR count). The lowest BCUT2D eigenvalue weighted by Gasteiger charge is -2.34. The van der Waals surface area contributed by atoms with E-state index in [1.165, 1.54) is 29.0 Å². The van der Waals surface area contributed by atoms with Crippen LogP contribution >= 0.6 is 11.3 Å². The number of methoxy groups -OCH3 is 1. The van der Waals surface area contributed by atoms with Crippen molar-refractivity contribution in [2.75, 3.05) is 31.4 Å². The van der Waals surface area contributed by atoms with E-state index >= 15 is 0 Å². The molecule has 1 saturated carbocycles. The Labute approximate surface area is 207 Å². The average Bonchev–Trinajstić information content (AvgIpc) is 3.40. The molecule has 34 heavy (non-hydrogen) atoms. The Hall–Kier alpha value is -1.89. The Morgan fingerprint density at radius 3 is 2.35 bits per heavy atom. The summed E-state index contributed by atoms with van der Waals surface area (Å²) in [6.07, 6.45) is 5.28. The van der Waals surface area contributed by atoms with Gasteiger partial charge in [0.2, 0.25) is 15.9 Å². The average molecular weight is 509 g/mol. The molecule has 0 aromatic carbocycles. The number of thiophene rings is 1. The van der Waals surface area contributed by atoms with Crippen LogP contribution in [0.5, 0.6) is 0 Å². The Balaban J connectivity index is 2.06. The van der Waals surface area contributed by atoms with E-state index in [-0.39, 0.29) is 29.8 Å². The number of nitrogens with zero attached hydrogens (tertiary/aromatic N) is 2. The minimum absolute atomic E-state index is 0.0365. The van der Waals surface area contributed by atoms with Gasteiger partial charge in [-0.2, -0.15) is 0 Å². The minimum atomic E-state index is -3.38. The monoisotopic (exact) mass is 508 g/mol. The van der Waals surface area contributed by atoms with Gasteiger partial charge in [0.15, 0.2) is 0 Å². The van der Waals surface area contributed by atoms with E-state index in [1.807, 2.05) is 20.8 Å². The number of ether oxygens (including phenoxy) is 1. The first-order chi connectivity index (χ1) is 15.8. The van der Waals surface area contributed by atoms with Gasteiger partial charge in [-0.1, -0.05) is 18.8 Å². The summed E-state index contributed by atoms with van der Waals surface area (Å²) in [5.41, 5.74) is 0.268. The first-order valence-electron chi connectivity index (χ1n) is 11.8. The van der Waals surface area contributed by atoms with Crippen molar-refractivity contribution in [3.05, 3.63) is 15.8 Å². The molecule has 2 aliphatic rings. The topological polar surface area (TPSA) is 84.0 Å². The van der Waals surface area contributed by atoms with E-state index in [0.717, 1.165) is 25.7 Å². The van der Waals surface area contributed by atoms with Gasteiger partial charge in [-0.3, -0.25) is 4.79 Å². The van der Waals surface area contributed by atoms with Crippen molar-refractivity contribution in [3.8, 4) is 11.8 Å². The smallest absolute Gasteiger partial charge is 0.350 e. The van der Waals surface area contributed by atoms with Crippen molar-refractivity contribution in [2.24, 2.45) is 17.3 Å². The summed E-state index contributed by atoms with van der Waals surface area (Å²) in [7, 11) is -2.05. The molecule has 0 radical (unpaired) electrons. The zero-order valence-corrected chi connectivity index (χ0v) is 22.6. The molecule has 0 bridgehead atoms. The largest absolute Gasteiger partial charge is 0.465 e. The number of carbonyl (C=O) groups is 2. The molecule has 9 heteroatoms. The molecule has 1 aliphatic heterocycles. The van der Waals surface area contributed by atoms with Crippen LogP contribution in [0.15, 0.2) is 6.07 Å². The van der Waals surface area contributed by atoms with Crippen LogP contribution in [-0.4, -0.2) is 57.1 Å². The number of anilines is 1. The maximum absolute atomic E-state index is 13.9. The highest BCUT2D eigenvalue weighted by atomic mass is 32.2. The third kappa shape index (κ3) is 6.41. The summed E-state index contributed by atoms with van der Waals surface area (Å²) < 4.78 is 30.8. The number of esters is 1. The number of hydrogen-bond acceptors (Lipinski definition) is 6. The van der Waals surface area contributed by atoms with Crippen LogP contribution in [0.1, 0.15) is 74.3 Å². The van der Waals surface area contributed by atoms with Crippen molar-refractivity contribution < 1.29 is 22.7 Å². The molecule has 1 amide bonds. The third-order valence-electron chi connectivity index (χ3n) is 6.47. The zero-order chi connectivity index (χ0) is 25.3. The molecule has 188 valence electrons. The van der Waals surface area contributed by atoms with Gasteiger partial charge in [0.05, 0.1) is 30.0 Å². The molecule has 7 nitrogen and oxygen atoms in total. The fourth-order valence-corrected chi connectivity index (χ4v) is 6.33. The van der Waals surface area contributed by atoms with Crippen molar-refractivity contribution >= 4 is 38.9 Å². The molecule has 0 N–H and O–H groups in total. The highest BCUT2D eigenvalue weighted by molar-refractivity contribution is 7.88.